The topological polar surface area (TPSA) is 33.7 Å². The second-order valence-electron chi connectivity index (χ2n) is 7.44. The standard InChI is InChI=1S/C21H34N2O2/c1-18(22-17-21-7-5-15-25-21)19-8-10-20(11-9-19)24-16-6-14-23-12-3-2-4-13-23/h8-11,18,21-22H,2-7,12-17H2,1H3. The van der Waals surface area contributed by atoms with Crippen molar-refractivity contribution in [3.63, 3.8) is 0 Å². The number of nitrogens with one attached hydrogen (secondary N) is 1. The lowest BCUT2D eigenvalue weighted by Crippen LogP contribution is -2.31. The van der Waals surface area contributed by atoms with Crippen molar-refractivity contribution in [1.82, 2.24) is 10.2 Å². The highest BCUT2D eigenvalue weighted by Gasteiger charge is 2.16. The molecule has 1 aromatic carbocycles. The molecule has 25 heavy (non-hydrogen) atoms. The van der Waals surface area contributed by atoms with Crippen LogP contribution >= 0.6 is 0 Å². The van der Waals surface area contributed by atoms with Gasteiger partial charge in [0, 0.05) is 25.7 Å². The van der Waals surface area contributed by atoms with E-state index in [-0.39, 0.29) is 0 Å². The minimum Gasteiger partial charge on any atom is -0.494 e. The summed E-state index contributed by atoms with van der Waals surface area (Å²) >= 11 is 0. The van der Waals surface area contributed by atoms with Gasteiger partial charge in [-0.1, -0.05) is 18.6 Å². The maximum Gasteiger partial charge on any atom is 0.119 e. The molecule has 0 spiro atoms. The van der Waals surface area contributed by atoms with Crippen molar-refractivity contribution in [2.75, 3.05) is 39.4 Å². The summed E-state index contributed by atoms with van der Waals surface area (Å²) in [6.45, 7) is 8.59. The number of nitrogens with zero attached hydrogens (tertiary/aromatic N) is 1. The molecule has 2 fully saturated rings. The van der Waals surface area contributed by atoms with E-state index in [1.165, 1.54) is 57.3 Å². The number of likely N-dealkylation sites (tertiary alicyclic amines) is 1. The first-order chi connectivity index (χ1) is 12.3. The van der Waals surface area contributed by atoms with Gasteiger partial charge in [0.15, 0.2) is 0 Å². The van der Waals surface area contributed by atoms with Gasteiger partial charge in [-0.3, -0.25) is 0 Å². The predicted molar refractivity (Wildman–Crippen MR) is 102 cm³/mol. The van der Waals surface area contributed by atoms with Crippen LogP contribution in [0.15, 0.2) is 24.3 Å². The van der Waals surface area contributed by atoms with Gasteiger partial charge in [0.2, 0.25) is 0 Å². The van der Waals surface area contributed by atoms with Gasteiger partial charge in [-0.05, 0) is 69.8 Å². The van der Waals surface area contributed by atoms with Crippen molar-refractivity contribution in [2.45, 2.75) is 57.6 Å². The third kappa shape index (κ3) is 6.28. The van der Waals surface area contributed by atoms with E-state index < -0.39 is 0 Å². The van der Waals surface area contributed by atoms with Crippen LogP contribution < -0.4 is 10.1 Å². The van der Waals surface area contributed by atoms with Crippen molar-refractivity contribution in [2.24, 2.45) is 0 Å². The van der Waals surface area contributed by atoms with Crippen LogP contribution in [0.2, 0.25) is 0 Å². The number of rotatable bonds is 9. The molecule has 4 nitrogen and oxygen atoms in total. The molecular formula is C21H34N2O2. The van der Waals surface area contributed by atoms with Gasteiger partial charge in [0.05, 0.1) is 12.7 Å². The number of hydrogen-bond donors (Lipinski definition) is 1. The minimum atomic E-state index is 0.345. The van der Waals surface area contributed by atoms with Crippen LogP contribution in [0.1, 0.15) is 57.1 Å². The third-order valence-corrected chi connectivity index (χ3v) is 5.39. The summed E-state index contributed by atoms with van der Waals surface area (Å²) in [4.78, 5) is 2.57. The van der Waals surface area contributed by atoms with E-state index in [0.717, 1.165) is 31.9 Å². The SMILES string of the molecule is CC(NCC1CCCO1)c1ccc(OCCCN2CCCCC2)cc1. The number of piperidine rings is 1. The molecule has 0 bridgehead atoms. The lowest BCUT2D eigenvalue weighted by molar-refractivity contribution is 0.108. The van der Waals surface area contributed by atoms with Crippen LogP contribution in [0.4, 0.5) is 0 Å². The summed E-state index contributed by atoms with van der Waals surface area (Å²) in [7, 11) is 0. The van der Waals surface area contributed by atoms with Crippen LogP contribution in [0, 0.1) is 0 Å². The zero-order chi connectivity index (χ0) is 17.3. The van der Waals surface area contributed by atoms with Gasteiger partial charge >= 0.3 is 0 Å². The van der Waals surface area contributed by atoms with Gasteiger partial charge in [0.25, 0.3) is 0 Å². The number of ether oxygens (including phenoxy) is 2. The summed E-state index contributed by atoms with van der Waals surface area (Å²) in [5.41, 5.74) is 1.30. The van der Waals surface area contributed by atoms with Crippen LogP contribution in [-0.4, -0.2) is 50.4 Å². The summed E-state index contributed by atoms with van der Waals surface area (Å²) in [6.07, 6.45) is 8.02. The number of benzene rings is 1. The maximum atomic E-state index is 5.91. The van der Waals surface area contributed by atoms with Crippen molar-refractivity contribution >= 4 is 0 Å². The Hall–Kier alpha value is -1.10. The molecule has 2 saturated heterocycles. The lowest BCUT2D eigenvalue weighted by Gasteiger charge is -2.26. The van der Waals surface area contributed by atoms with Gasteiger partial charge in [-0.25, -0.2) is 0 Å². The van der Waals surface area contributed by atoms with Crippen LogP contribution in [0.25, 0.3) is 0 Å². The first kappa shape index (κ1) is 18.7. The molecule has 0 saturated carbocycles. The molecule has 2 heterocycles. The molecule has 0 aliphatic carbocycles. The smallest absolute Gasteiger partial charge is 0.119 e. The zero-order valence-electron chi connectivity index (χ0n) is 15.7. The van der Waals surface area contributed by atoms with E-state index in [0.29, 0.717) is 12.1 Å². The molecule has 0 amide bonds. The normalized spacial score (nSPS) is 22.8. The van der Waals surface area contributed by atoms with E-state index in [1.807, 2.05) is 0 Å². The Labute approximate surface area is 152 Å². The average molecular weight is 347 g/mol. The molecule has 2 unspecified atom stereocenters. The molecule has 4 heteroatoms. The van der Waals surface area contributed by atoms with E-state index in [2.05, 4.69) is 41.4 Å². The summed E-state index contributed by atoms with van der Waals surface area (Å²) in [6, 6.07) is 8.89. The zero-order valence-corrected chi connectivity index (χ0v) is 15.7. The first-order valence-corrected chi connectivity index (χ1v) is 10.1. The second-order valence-corrected chi connectivity index (χ2v) is 7.44. The quantitative estimate of drug-likeness (QED) is 0.690. The van der Waals surface area contributed by atoms with E-state index in [9.17, 15) is 0 Å². The third-order valence-electron chi connectivity index (χ3n) is 5.39. The molecule has 1 aromatic rings. The fourth-order valence-electron chi connectivity index (χ4n) is 3.75. The summed E-state index contributed by atoms with van der Waals surface area (Å²) in [5.74, 6) is 0.980. The van der Waals surface area contributed by atoms with E-state index in [4.69, 9.17) is 9.47 Å². The van der Waals surface area contributed by atoms with Gasteiger partial charge < -0.3 is 19.7 Å². The largest absolute Gasteiger partial charge is 0.494 e. The predicted octanol–water partition coefficient (Wildman–Crippen LogP) is 3.77. The van der Waals surface area contributed by atoms with E-state index in [1.54, 1.807) is 0 Å². The summed E-state index contributed by atoms with van der Waals surface area (Å²) < 4.78 is 11.6. The Morgan fingerprint density at radius 2 is 1.96 bits per heavy atom. The highest BCUT2D eigenvalue weighted by molar-refractivity contribution is 5.28. The van der Waals surface area contributed by atoms with Crippen LogP contribution in [0.5, 0.6) is 5.75 Å². The van der Waals surface area contributed by atoms with Gasteiger partial charge in [0.1, 0.15) is 5.75 Å². The van der Waals surface area contributed by atoms with Gasteiger partial charge in [-0.15, -0.1) is 0 Å². The van der Waals surface area contributed by atoms with Crippen molar-refractivity contribution in [3.05, 3.63) is 29.8 Å². The molecule has 2 atom stereocenters. The molecule has 0 aromatic heterocycles. The maximum absolute atomic E-state index is 5.91. The molecule has 3 rings (SSSR count). The Balaban J connectivity index is 1.33. The Kier molecular flexibility index (Phi) is 7.58. The molecule has 0 radical (unpaired) electrons. The number of hydrogen-bond acceptors (Lipinski definition) is 4. The van der Waals surface area contributed by atoms with Gasteiger partial charge in [-0.2, -0.15) is 0 Å². The molecule has 2 aliphatic rings. The van der Waals surface area contributed by atoms with Crippen molar-refractivity contribution in [3.8, 4) is 5.75 Å². The monoisotopic (exact) mass is 346 g/mol. The average Bonchev–Trinajstić information content (AvgIpc) is 3.18. The van der Waals surface area contributed by atoms with E-state index >= 15 is 0 Å². The highest BCUT2D eigenvalue weighted by Crippen LogP contribution is 2.19. The highest BCUT2D eigenvalue weighted by atomic mass is 16.5. The molecule has 140 valence electrons. The van der Waals surface area contributed by atoms with Crippen LogP contribution in [-0.2, 0) is 4.74 Å². The fraction of sp³-hybridized carbons (Fsp3) is 0.714. The summed E-state index contributed by atoms with van der Waals surface area (Å²) in [5, 5.41) is 3.58. The van der Waals surface area contributed by atoms with Crippen LogP contribution in [0.3, 0.4) is 0 Å². The Morgan fingerprint density at radius 1 is 1.16 bits per heavy atom. The second kappa shape index (κ2) is 10.1. The molecule has 1 N–H and O–H groups in total. The minimum absolute atomic E-state index is 0.345. The molecular weight excluding hydrogens is 312 g/mol. The van der Waals surface area contributed by atoms with Crippen molar-refractivity contribution < 1.29 is 9.47 Å². The Morgan fingerprint density at radius 3 is 2.68 bits per heavy atom. The molecule has 2 aliphatic heterocycles. The fourth-order valence-corrected chi connectivity index (χ4v) is 3.75. The first-order valence-electron chi connectivity index (χ1n) is 10.1. The Bertz CT molecular complexity index is 479. The lowest BCUT2D eigenvalue weighted by atomic mass is 10.1. The van der Waals surface area contributed by atoms with Crippen molar-refractivity contribution in [1.29, 1.82) is 0 Å².